The molecule has 3 N–H and O–H groups in total. The first-order valence-electron chi connectivity index (χ1n) is 6.40. The Morgan fingerprint density at radius 2 is 2.15 bits per heavy atom. The summed E-state index contributed by atoms with van der Waals surface area (Å²) in [7, 11) is 1.56. The van der Waals surface area contributed by atoms with Crippen molar-refractivity contribution in [2.45, 2.75) is 25.9 Å². The van der Waals surface area contributed by atoms with Crippen LogP contribution in [0.25, 0.3) is 0 Å². The number of nitrogens with one attached hydrogen (secondary N) is 1. The van der Waals surface area contributed by atoms with E-state index < -0.39 is 5.82 Å². The number of ether oxygens (including phenoxy) is 2. The number of carbonyl (C=O) groups is 1. The van der Waals surface area contributed by atoms with E-state index in [-0.39, 0.29) is 24.6 Å². The molecule has 0 aliphatic heterocycles. The summed E-state index contributed by atoms with van der Waals surface area (Å²) in [5, 5.41) is 2.69. The molecule has 0 aliphatic carbocycles. The van der Waals surface area contributed by atoms with Crippen molar-refractivity contribution < 1.29 is 18.7 Å². The first-order chi connectivity index (χ1) is 9.43. The zero-order valence-corrected chi connectivity index (χ0v) is 12.0. The fraction of sp³-hybridized carbons (Fsp3) is 0.500. The SMILES string of the molecule is COCC(C)NC(=O)COc1ccc([C@H](C)N)c(F)c1. The summed E-state index contributed by atoms with van der Waals surface area (Å²) in [5.41, 5.74) is 6.03. The van der Waals surface area contributed by atoms with Crippen LogP contribution in [-0.2, 0) is 9.53 Å². The van der Waals surface area contributed by atoms with Crippen LogP contribution >= 0.6 is 0 Å². The molecule has 20 heavy (non-hydrogen) atoms. The van der Waals surface area contributed by atoms with Crippen molar-refractivity contribution in [3.8, 4) is 5.75 Å². The number of methoxy groups -OCH3 is 1. The van der Waals surface area contributed by atoms with E-state index in [0.717, 1.165) is 0 Å². The average Bonchev–Trinajstić information content (AvgIpc) is 2.36. The minimum absolute atomic E-state index is 0.103. The largest absolute Gasteiger partial charge is 0.484 e. The second-order valence-corrected chi connectivity index (χ2v) is 4.68. The smallest absolute Gasteiger partial charge is 0.258 e. The second-order valence-electron chi connectivity index (χ2n) is 4.68. The molecule has 0 saturated heterocycles. The van der Waals surface area contributed by atoms with E-state index in [1.807, 2.05) is 6.92 Å². The number of amides is 1. The predicted molar refractivity (Wildman–Crippen MR) is 74.0 cm³/mol. The third-order valence-electron chi connectivity index (χ3n) is 2.66. The minimum Gasteiger partial charge on any atom is -0.484 e. The molecular formula is C14H21FN2O3. The molecule has 0 heterocycles. The highest BCUT2D eigenvalue weighted by molar-refractivity contribution is 5.77. The van der Waals surface area contributed by atoms with Gasteiger partial charge in [-0.3, -0.25) is 4.79 Å². The maximum atomic E-state index is 13.7. The summed E-state index contributed by atoms with van der Waals surface area (Å²) in [6, 6.07) is 3.88. The monoisotopic (exact) mass is 284 g/mol. The molecule has 6 heteroatoms. The molecule has 0 radical (unpaired) electrons. The van der Waals surface area contributed by atoms with Gasteiger partial charge in [0.05, 0.1) is 6.61 Å². The first kappa shape index (κ1) is 16.4. The zero-order valence-electron chi connectivity index (χ0n) is 12.0. The van der Waals surface area contributed by atoms with Gasteiger partial charge in [-0.25, -0.2) is 4.39 Å². The molecule has 0 fully saturated rings. The lowest BCUT2D eigenvalue weighted by molar-refractivity contribution is -0.124. The van der Waals surface area contributed by atoms with E-state index >= 15 is 0 Å². The minimum atomic E-state index is -0.439. The van der Waals surface area contributed by atoms with Crippen molar-refractivity contribution >= 4 is 5.91 Å². The molecular weight excluding hydrogens is 263 g/mol. The van der Waals surface area contributed by atoms with E-state index in [1.54, 1.807) is 26.2 Å². The van der Waals surface area contributed by atoms with Gasteiger partial charge in [0.25, 0.3) is 5.91 Å². The topological polar surface area (TPSA) is 73.6 Å². The van der Waals surface area contributed by atoms with Crippen molar-refractivity contribution in [1.82, 2.24) is 5.32 Å². The number of nitrogens with two attached hydrogens (primary N) is 1. The molecule has 1 aromatic rings. The van der Waals surface area contributed by atoms with Gasteiger partial charge >= 0.3 is 0 Å². The molecule has 1 rings (SSSR count). The van der Waals surface area contributed by atoms with Crippen molar-refractivity contribution in [2.75, 3.05) is 20.3 Å². The molecule has 0 aliphatic rings. The highest BCUT2D eigenvalue weighted by Crippen LogP contribution is 2.20. The average molecular weight is 284 g/mol. The second kappa shape index (κ2) is 7.81. The van der Waals surface area contributed by atoms with Crippen LogP contribution in [0.3, 0.4) is 0 Å². The van der Waals surface area contributed by atoms with Crippen molar-refractivity contribution in [3.63, 3.8) is 0 Å². The first-order valence-corrected chi connectivity index (χ1v) is 6.40. The molecule has 0 spiro atoms. The van der Waals surface area contributed by atoms with Gasteiger partial charge in [-0.15, -0.1) is 0 Å². The van der Waals surface area contributed by atoms with Crippen LogP contribution in [0, 0.1) is 5.82 Å². The summed E-state index contributed by atoms with van der Waals surface area (Å²) in [6.07, 6.45) is 0. The molecule has 0 bridgehead atoms. The Morgan fingerprint density at radius 3 is 2.70 bits per heavy atom. The highest BCUT2D eigenvalue weighted by atomic mass is 19.1. The van der Waals surface area contributed by atoms with E-state index in [1.165, 1.54) is 6.07 Å². The fourth-order valence-electron chi connectivity index (χ4n) is 1.72. The molecule has 1 amide bonds. The Kier molecular flexibility index (Phi) is 6.41. The van der Waals surface area contributed by atoms with Crippen LogP contribution in [0.1, 0.15) is 25.5 Å². The quantitative estimate of drug-likeness (QED) is 0.793. The maximum Gasteiger partial charge on any atom is 0.258 e. The van der Waals surface area contributed by atoms with Crippen molar-refractivity contribution in [3.05, 3.63) is 29.6 Å². The summed E-state index contributed by atoms with van der Waals surface area (Å²) in [6.45, 7) is 3.76. The Hall–Kier alpha value is -1.66. The molecule has 1 aromatic carbocycles. The van der Waals surface area contributed by atoms with E-state index in [2.05, 4.69) is 5.32 Å². The molecule has 2 atom stereocenters. The van der Waals surface area contributed by atoms with Crippen LogP contribution in [0.5, 0.6) is 5.75 Å². The lowest BCUT2D eigenvalue weighted by atomic mass is 10.1. The highest BCUT2D eigenvalue weighted by Gasteiger charge is 2.10. The van der Waals surface area contributed by atoms with Crippen LogP contribution < -0.4 is 15.8 Å². The summed E-state index contributed by atoms with van der Waals surface area (Å²) in [5.74, 6) is -0.432. The maximum absolute atomic E-state index is 13.7. The Balaban J connectivity index is 2.49. The molecule has 5 nitrogen and oxygen atoms in total. The van der Waals surface area contributed by atoms with Gasteiger partial charge in [-0.1, -0.05) is 6.07 Å². The Morgan fingerprint density at radius 1 is 1.45 bits per heavy atom. The van der Waals surface area contributed by atoms with Gasteiger partial charge in [0, 0.05) is 30.8 Å². The van der Waals surface area contributed by atoms with Crippen LogP contribution in [0.4, 0.5) is 4.39 Å². The third-order valence-corrected chi connectivity index (χ3v) is 2.66. The molecule has 0 aromatic heterocycles. The van der Waals surface area contributed by atoms with Crippen LogP contribution in [0.2, 0.25) is 0 Å². The number of carbonyl (C=O) groups excluding carboxylic acids is 1. The molecule has 112 valence electrons. The van der Waals surface area contributed by atoms with E-state index in [4.69, 9.17) is 15.2 Å². The number of halogens is 1. The van der Waals surface area contributed by atoms with Gasteiger partial charge in [0.1, 0.15) is 11.6 Å². The predicted octanol–water partition coefficient (Wildman–Crippen LogP) is 1.38. The van der Waals surface area contributed by atoms with Gasteiger partial charge in [-0.2, -0.15) is 0 Å². The summed E-state index contributed by atoms with van der Waals surface area (Å²) >= 11 is 0. The molecule has 1 unspecified atom stereocenters. The van der Waals surface area contributed by atoms with Gasteiger partial charge < -0.3 is 20.5 Å². The summed E-state index contributed by atoms with van der Waals surface area (Å²) < 4.78 is 23.8. The van der Waals surface area contributed by atoms with Crippen molar-refractivity contribution in [2.24, 2.45) is 5.73 Å². The van der Waals surface area contributed by atoms with Gasteiger partial charge in [0.15, 0.2) is 6.61 Å². The normalized spacial score (nSPS) is 13.7. The van der Waals surface area contributed by atoms with E-state index in [9.17, 15) is 9.18 Å². The lowest BCUT2D eigenvalue weighted by Gasteiger charge is -2.14. The fourth-order valence-corrected chi connectivity index (χ4v) is 1.72. The summed E-state index contributed by atoms with van der Waals surface area (Å²) in [4.78, 5) is 11.6. The Bertz CT molecular complexity index is 452. The number of hydrogen-bond acceptors (Lipinski definition) is 4. The van der Waals surface area contributed by atoms with E-state index in [0.29, 0.717) is 17.9 Å². The molecule has 0 saturated carbocycles. The van der Waals surface area contributed by atoms with Gasteiger partial charge in [0.2, 0.25) is 0 Å². The zero-order chi connectivity index (χ0) is 15.1. The van der Waals surface area contributed by atoms with Gasteiger partial charge in [-0.05, 0) is 19.9 Å². The third kappa shape index (κ3) is 5.14. The van der Waals surface area contributed by atoms with Crippen LogP contribution in [-0.4, -0.2) is 32.3 Å². The number of rotatable bonds is 7. The number of hydrogen-bond donors (Lipinski definition) is 2. The lowest BCUT2D eigenvalue weighted by Crippen LogP contribution is -2.38. The van der Waals surface area contributed by atoms with Crippen molar-refractivity contribution in [1.29, 1.82) is 0 Å². The standard InChI is InChI=1S/C14H21FN2O3/c1-9(7-19-3)17-14(18)8-20-11-4-5-12(10(2)16)13(15)6-11/h4-6,9-10H,7-8,16H2,1-3H3,(H,17,18)/t9?,10-/m0/s1. The van der Waals surface area contributed by atoms with Crippen LogP contribution in [0.15, 0.2) is 18.2 Å². The number of benzene rings is 1. The Labute approximate surface area is 118 Å².